The van der Waals surface area contributed by atoms with Gasteiger partial charge in [0, 0.05) is 12.4 Å². The van der Waals surface area contributed by atoms with Gasteiger partial charge in [-0.2, -0.15) is 0 Å². The molecule has 0 atom stereocenters. The Morgan fingerprint density at radius 2 is 2.19 bits per heavy atom. The third-order valence-electron chi connectivity index (χ3n) is 2.18. The Balaban J connectivity index is 2.30. The lowest BCUT2D eigenvalue weighted by atomic mass is 10.2. The fourth-order valence-corrected chi connectivity index (χ4v) is 1.76. The second kappa shape index (κ2) is 4.28. The summed E-state index contributed by atoms with van der Waals surface area (Å²) in [6, 6.07) is 7.18. The van der Waals surface area contributed by atoms with Crippen LogP contribution in [0.4, 0.5) is 11.4 Å². The first kappa shape index (κ1) is 10.6. The molecule has 0 saturated heterocycles. The second-order valence-corrected chi connectivity index (χ2v) is 3.82. The van der Waals surface area contributed by atoms with Crippen LogP contribution in [-0.4, -0.2) is 22.5 Å². The topological polar surface area (TPSA) is 72.1 Å². The molecule has 0 aliphatic rings. The molecule has 6 heteroatoms. The van der Waals surface area contributed by atoms with Gasteiger partial charge in [0.1, 0.15) is 0 Å². The Morgan fingerprint density at radius 3 is 2.81 bits per heavy atom. The van der Waals surface area contributed by atoms with Crippen molar-refractivity contribution < 1.29 is 4.79 Å². The molecule has 5 nitrogen and oxygen atoms in total. The normalized spacial score (nSPS) is 10.1. The maximum Gasteiger partial charge on any atom is 0.279 e. The number of nitrogen functional groups attached to an aromatic ring is 1. The van der Waals surface area contributed by atoms with Crippen molar-refractivity contribution in [3.8, 4) is 0 Å². The molecule has 0 saturated carbocycles. The molecule has 0 aliphatic carbocycles. The summed E-state index contributed by atoms with van der Waals surface area (Å²) in [4.78, 5) is 13.4. The van der Waals surface area contributed by atoms with Crippen LogP contribution in [0.5, 0.6) is 0 Å². The van der Waals surface area contributed by atoms with E-state index in [9.17, 15) is 4.79 Å². The first-order valence-corrected chi connectivity index (χ1v) is 5.43. The van der Waals surface area contributed by atoms with Gasteiger partial charge < -0.3 is 10.6 Å². The van der Waals surface area contributed by atoms with Gasteiger partial charge in [0.2, 0.25) is 0 Å². The molecule has 0 radical (unpaired) electrons. The van der Waals surface area contributed by atoms with Crippen molar-refractivity contribution >= 4 is 28.8 Å². The minimum absolute atomic E-state index is 0.216. The van der Waals surface area contributed by atoms with Crippen molar-refractivity contribution in [1.29, 1.82) is 0 Å². The monoisotopic (exact) mass is 234 g/mol. The first-order chi connectivity index (χ1) is 7.70. The third kappa shape index (κ3) is 1.87. The molecular formula is C10H10N4OS. The molecular weight excluding hydrogens is 224 g/mol. The molecule has 0 bridgehead atoms. The number of hydrogen-bond acceptors (Lipinski definition) is 5. The van der Waals surface area contributed by atoms with Gasteiger partial charge in [-0.1, -0.05) is 16.6 Å². The van der Waals surface area contributed by atoms with Crippen LogP contribution in [0, 0.1) is 0 Å². The predicted molar refractivity (Wildman–Crippen MR) is 63.5 cm³/mol. The van der Waals surface area contributed by atoms with E-state index in [4.69, 9.17) is 5.73 Å². The van der Waals surface area contributed by atoms with E-state index in [1.807, 2.05) is 12.1 Å². The summed E-state index contributed by atoms with van der Waals surface area (Å²) >= 11 is 1.14. The maximum atomic E-state index is 11.9. The SMILES string of the molecule is CN(C(=O)c1csnn1)c1ccccc1N. The predicted octanol–water partition coefficient (Wildman–Crippen LogP) is 1.40. The van der Waals surface area contributed by atoms with Crippen LogP contribution in [0.25, 0.3) is 0 Å². The lowest BCUT2D eigenvalue weighted by Crippen LogP contribution is -2.27. The number of para-hydroxylation sites is 2. The Bertz CT molecular complexity index is 497. The van der Waals surface area contributed by atoms with Crippen LogP contribution in [0.2, 0.25) is 0 Å². The van der Waals surface area contributed by atoms with Crippen molar-refractivity contribution in [2.24, 2.45) is 0 Å². The second-order valence-electron chi connectivity index (χ2n) is 3.21. The number of anilines is 2. The molecule has 1 amide bonds. The average molecular weight is 234 g/mol. The highest BCUT2D eigenvalue weighted by molar-refractivity contribution is 7.03. The highest BCUT2D eigenvalue weighted by Crippen LogP contribution is 2.22. The number of benzene rings is 1. The highest BCUT2D eigenvalue weighted by Gasteiger charge is 2.17. The van der Waals surface area contributed by atoms with E-state index >= 15 is 0 Å². The van der Waals surface area contributed by atoms with Crippen molar-refractivity contribution in [2.45, 2.75) is 0 Å². The number of rotatable bonds is 2. The van der Waals surface area contributed by atoms with Crippen molar-refractivity contribution in [1.82, 2.24) is 9.59 Å². The third-order valence-corrected chi connectivity index (χ3v) is 2.69. The molecule has 0 spiro atoms. The summed E-state index contributed by atoms with van der Waals surface area (Å²) in [5.41, 5.74) is 7.34. The lowest BCUT2D eigenvalue weighted by Gasteiger charge is -2.17. The lowest BCUT2D eigenvalue weighted by molar-refractivity contribution is 0.0988. The number of carbonyl (C=O) groups is 1. The van der Waals surface area contributed by atoms with Gasteiger partial charge in [0.05, 0.1) is 11.4 Å². The van der Waals surface area contributed by atoms with Gasteiger partial charge in [-0.15, -0.1) is 5.10 Å². The van der Waals surface area contributed by atoms with Crippen LogP contribution >= 0.6 is 11.5 Å². The zero-order chi connectivity index (χ0) is 11.5. The molecule has 2 rings (SSSR count). The van der Waals surface area contributed by atoms with Gasteiger partial charge in [-0.3, -0.25) is 4.79 Å². The number of amides is 1. The summed E-state index contributed by atoms with van der Waals surface area (Å²) in [6.45, 7) is 0. The summed E-state index contributed by atoms with van der Waals surface area (Å²) < 4.78 is 3.65. The van der Waals surface area contributed by atoms with Crippen LogP contribution in [0.15, 0.2) is 29.6 Å². The van der Waals surface area contributed by atoms with E-state index < -0.39 is 0 Å². The largest absolute Gasteiger partial charge is 0.397 e. The summed E-state index contributed by atoms with van der Waals surface area (Å²) in [5, 5.41) is 5.34. The summed E-state index contributed by atoms with van der Waals surface area (Å²) in [5.74, 6) is -0.216. The summed E-state index contributed by atoms with van der Waals surface area (Å²) in [7, 11) is 1.66. The van der Waals surface area contributed by atoms with Crippen molar-refractivity contribution in [3.05, 3.63) is 35.3 Å². The quantitative estimate of drug-likeness (QED) is 0.797. The van der Waals surface area contributed by atoms with E-state index in [0.29, 0.717) is 17.1 Å². The van der Waals surface area contributed by atoms with Crippen molar-refractivity contribution in [2.75, 3.05) is 17.7 Å². The van der Waals surface area contributed by atoms with Crippen LogP contribution < -0.4 is 10.6 Å². The number of nitrogens with two attached hydrogens (primary N) is 1. The molecule has 1 heterocycles. The number of carbonyl (C=O) groups excluding carboxylic acids is 1. The van der Waals surface area contributed by atoms with E-state index in [2.05, 4.69) is 9.59 Å². The standard InChI is InChI=1S/C10H10N4OS/c1-14(9-5-3-2-4-7(9)11)10(15)8-6-16-13-12-8/h2-6H,11H2,1H3. The molecule has 16 heavy (non-hydrogen) atoms. The van der Waals surface area contributed by atoms with Gasteiger partial charge in [0.25, 0.3) is 5.91 Å². The van der Waals surface area contributed by atoms with E-state index in [1.165, 1.54) is 4.90 Å². The van der Waals surface area contributed by atoms with E-state index in [-0.39, 0.29) is 5.91 Å². The number of aromatic nitrogens is 2. The van der Waals surface area contributed by atoms with E-state index in [0.717, 1.165) is 11.5 Å². The van der Waals surface area contributed by atoms with Crippen LogP contribution in [0.3, 0.4) is 0 Å². The molecule has 1 aromatic carbocycles. The Labute approximate surface area is 96.7 Å². The van der Waals surface area contributed by atoms with Crippen LogP contribution in [-0.2, 0) is 0 Å². The van der Waals surface area contributed by atoms with E-state index in [1.54, 1.807) is 24.6 Å². The number of hydrogen-bond donors (Lipinski definition) is 1. The zero-order valence-electron chi connectivity index (χ0n) is 8.62. The molecule has 0 aliphatic heterocycles. The fourth-order valence-electron chi connectivity index (χ4n) is 1.33. The summed E-state index contributed by atoms with van der Waals surface area (Å²) in [6.07, 6.45) is 0. The van der Waals surface area contributed by atoms with Gasteiger partial charge >= 0.3 is 0 Å². The minimum atomic E-state index is -0.216. The maximum absolute atomic E-state index is 11.9. The van der Waals surface area contributed by atoms with Crippen molar-refractivity contribution in [3.63, 3.8) is 0 Å². The number of nitrogens with zero attached hydrogens (tertiary/aromatic N) is 3. The van der Waals surface area contributed by atoms with Gasteiger partial charge in [-0.05, 0) is 23.7 Å². The molecule has 2 N–H and O–H groups in total. The van der Waals surface area contributed by atoms with Gasteiger partial charge in [-0.25, -0.2) is 0 Å². The van der Waals surface area contributed by atoms with Crippen LogP contribution in [0.1, 0.15) is 10.5 Å². The first-order valence-electron chi connectivity index (χ1n) is 4.60. The van der Waals surface area contributed by atoms with Gasteiger partial charge in [0.15, 0.2) is 5.69 Å². The smallest absolute Gasteiger partial charge is 0.279 e. The Hall–Kier alpha value is -1.95. The Kier molecular flexibility index (Phi) is 2.82. The molecule has 1 aromatic heterocycles. The molecule has 0 fully saturated rings. The Morgan fingerprint density at radius 1 is 1.44 bits per heavy atom. The zero-order valence-corrected chi connectivity index (χ0v) is 9.44. The molecule has 0 unspecified atom stereocenters. The minimum Gasteiger partial charge on any atom is -0.397 e. The fraction of sp³-hybridized carbons (Fsp3) is 0.100. The molecule has 2 aromatic rings. The average Bonchev–Trinajstić information content (AvgIpc) is 2.81. The highest BCUT2D eigenvalue weighted by atomic mass is 32.1. The molecule has 82 valence electrons.